The summed E-state index contributed by atoms with van der Waals surface area (Å²) in [4.78, 5) is 23.6. The molecule has 0 saturated heterocycles. The average molecular weight is 275 g/mol. The van der Waals surface area contributed by atoms with Gasteiger partial charge in [0.1, 0.15) is 5.76 Å². The van der Waals surface area contributed by atoms with Crippen LogP contribution in [0.25, 0.3) is 0 Å². The number of carbonyl (C=O) groups is 1. The molecule has 2 N–H and O–H groups in total. The van der Waals surface area contributed by atoms with Crippen LogP contribution in [0.4, 0.5) is 11.4 Å². The van der Waals surface area contributed by atoms with Crippen molar-refractivity contribution < 1.29 is 14.1 Å². The minimum Gasteiger partial charge on any atom is -0.455 e. The SMILES string of the molecule is CN(C(=O)c1ccc(CN)o1)c1ccc([N+](=O)[O-])cc1. The number of non-ortho nitro benzene ring substituents is 1. The Balaban J connectivity index is 2.19. The molecule has 0 atom stereocenters. The molecule has 0 saturated carbocycles. The van der Waals surface area contributed by atoms with Crippen LogP contribution in [0.15, 0.2) is 40.8 Å². The number of amides is 1. The molecule has 20 heavy (non-hydrogen) atoms. The average Bonchev–Trinajstić information content (AvgIpc) is 2.94. The minimum absolute atomic E-state index is 0.0296. The molecule has 1 amide bonds. The number of nitro benzene ring substituents is 1. The number of furan rings is 1. The number of carbonyl (C=O) groups excluding carboxylic acids is 1. The predicted octanol–water partition coefficient (Wildman–Crippen LogP) is 1.92. The van der Waals surface area contributed by atoms with Gasteiger partial charge in [-0.25, -0.2) is 0 Å². The first-order valence-corrected chi connectivity index (χ1v) is 5.84. The van der Waals surface area contributed by atoms with Crippen LogP contribution in [0.1, 0.15) is 16.3 Å². The van der Waals surface area contributed by atoms with Crippen molar-refractivity contribution in [1.82, 2.24) is 0 Å². The van der Waals surface area contributed by atoms with E-state index in [-0.39, 0.29) is 23.9 Å². The molecule has 0 spiro atoms. The topological polar surface area (TPSA) is 103 Å². The quantitative estimate of drug-likeness (QED) is 0.678. The summed E-state index contributed by atoms with van der Waals surface area (Å²) < 4.78 is 5.27. The highest BCUT2D eigenvalue weighted by Gasteiger charge is 2.18. The second kappa shape index (κ2) is 5.54. The largest absolute Gasteiger partial charge is 0.455 e. The summed E-state index contributed by atoms with van der Waals surface area (Å²) in [6.45, 7) is 0.217. The van der Waals surface area contributed by atoms with Gasteiger partial charge in [0.05, 0.1) is 11.5 Å². The Kier molecular flexibility index (Phi) is 3.81. The van der Waals surface area contributed by atoms with Gasteiger partial charge in [0.2, 0.25) is 0 Å². The molecule has 7 heteroatoms. The number of nitrogens with two attached hydrogens (primary N) is 1. The molecule has 7 nitrogen and oxygen atoms in total. The van der Waals surface area contributed by atoms with Gasteiger partial charge in [-0.3, -0.25) is 14.9 Å². The van der Waals surface area contributed by atoms with Crippen LogP contribution in [-0.2, 0) is 6.54 Å². The molecule has 0 bridgehead atoms. The fourth-order valence-electron chi connectivity index (χ4n) is 1.68. The standard InChI is InChI=1S/C13H13N3O4/c1-15(9-2-4-10(5-3-9)16(18)19)13(17)12-7-6-11(8-14)20-12/h2-7H,8,14H2,1H3. The highest BCUT2D eigenvalue weighted by Crippen LogP contribution is 2.20. The molecule has 1 aromatic carbocycles. The fourth-order valence-corrected chi connectivity index (χ4v) is 1.68. The second-order valence-electron chi connectivity index (χ2n) is 4.11. The van der Waals surface area contributed by atoms with E-state index < -0.39 is 4.92 Å². The van der Waals surface area contributed by atoms with E-state index in [2.05, 4.69) is 0 Å². The van der Waals surface area contributed by atoms with E-state index in [1.54, 1.807) is 19.2 Å². The number of benzene rings is 1. The van der Waals surface area contributed by atoms with Crippen LogP contribution in [0.5, 0.6) is 0 Å². The van der Waals surface area contributed by atoms with Crippen molar-refractivity contribution in [3.8, 4) is 0 Å². The zero-order chi connectivity index (χ0) is 14.7. The molecule has 0 radical (unpaired) electrons. The number of nitrogens with zero attached hydrogens (tertiary/aromatic N) is 2. The monoisotopic (exact) mass is 275 g/mol. The Morgan fingerprint density at radius 1 is 1.30 bits per heavy atom. The zero-order valence-corrected chi connectivity index (χ0v) is 10.8. The Bertz CT molecular complexity index is 633. The van der Waals surface area contributed by atoms with Gasteiger partial charge in [-0.15, -0.1) is 0 Å². The molecule has 0 aliphatic carbocycles. The molecule has 0 aliphatic heterocycles. The summed E-state index contributed by atoms with van der Waals surface area (Å²) in [5.41, 5.74) is 5.92. The summed E-state index contributed by atoms with van der Waals surface area (Å²) in [7, 11) is 1.56. The third-order valence-electron chi connectivity index (χ3n) is 2.83. The van der Waals surface area contributed by atoms with Crippen LogP contribution >= 0.6 is 0 Å². The van der Waals surface area contributed by atoms with Crippen molar-refractivity contribution in [2.45, 2.75) is 6.54 Å². The molecule has 1 heterocycles. The van der Waals surface area contributed by atoms with E-state index in [1.165, 1.54) is 29.2 Å². The maximum atomic E-state index is 12.2. The van der Waals surface area contributed by atoms with Crippen LogP contribution in [0, 0.1) is 10.1 Å². The molecule has 2 aromatic rings. The lowest BCUT2D eigenvalue weighted by atomic mass is 10.2. The van der Waals surface area contributed by atoms with Gasteiger partial charge in [-0.2, -0.15) is 0 Å². The molecule has 0 aliphatic rings. The second-order valence-corrected chi connectivity index (χ2v) is 4.11. The van der Waals surface area contributed by atoms with Gasteiger partial charge in [0.25, 0.3) is 11.6 Å². The minimum atomic E-state index is -0.494. The number of hydrogen-bond acceptors (Lipinski definition) is 5. The predicted molar refractivity (Wildman–Crippen MR) is 72.4 cm³/mol. The van der Waals surface area contributed by atoms with Crippen molar-refractivity contribution in [3.05, 3.63) is 58.0 Å². The van der Waals surface area contributed by atoms with Crippen molar-refractivity contribution in [1.29, 1.82) is 0 Å². The third-order valence-corrected chi connectivity index (χ3v) is 2.83. The zero-order valence-electron chi connectivity index (χ0n) is 10.8. The third kappa shape index (κ3) is 2.67. The Morgan fingerprint density at radius 3 is 2.45 bits per heavy atom. The summed E-state index contributed by atoms with van der Waals surface area (Å²) in [5.74, 6) is 0.343. The normalized spacial score (nSPS) is 10.3. The number of hydrogen-bond donors (Lipinski definition) is 1. The Morgan fingerprint density at radius 2 is 1.95 bits per heavy atom. The number of nitro groups is 1. The van der Waals surface area contributed by atoms with E-state index in [4.69, 9.17) is 10.2 Å². The first-order chi connectivity index (χ1) is 9.52. The Labute approximate surface area is 114 Å². The maximum absolute atomic E-state index is 12.2. The van der Waals surface area contributed by atoms with Gasteiger partial charge in [0, 0.05) is 24.9 Å². The van der Waals surface area contributed by atoms with E-state index >= 15 is 0 Å². The first kappa shape index (κ1) is 13.8. The van der Waals surface area contributed by atoms with Gasteiger partial charge in [-0.05, 0) is 24.3 Å². The van der Waals surface area contributed by atoms with Crippen molar-refractivity contribution in [2.24, 2.45) is 5.73 Å². The summed E-state index contributed by atoms with van der Waals surface area (Å²) in [6.07, 6.45) is 0. The fraction of sp³-hybridized carbons (Fsp3) is 0.154. The molecule has 1 aromatic heterocycles. The van der Waals surface area contributed by atoms with Crippen molar-refractivity contribution in [2.75, 3.05) is 11.9 Å². The van der Waals surface area contributed by atoms with Gasteiger partial charge >= 0.3 is 0 Å². The molecule has 0 unspecified atom stereocenters. The van der Waals surface area contributed by atoms with Crippen LogP contribution in [0.3, 0.4) is 0 Å². The lowest BCUT2D eigenvalue weighted by Gasteiger charge is -2.15. The van der Waals surface area contributed by atoms with E-state index in [0.29, 0.717) is 11.4 Å². The molecule has 2 rings (SSSR count). The van der Waals surface area contributed by atoms with Crippen LogP contribution < -0.4 is 10.6 Å². The van der Waals surface area contributed by atoms with Gasteiger partial charge < -0.3 is 15.1 Å². The van der Waals surface area contributed by atoms with Gasteiger partial charge in [-0.1, -0.05) is 0 Å². The van der Waals surface area contributed by atoms with E-state index in [9.17, 15) is 14.9 Å². The Hall–Kier alpha value is -2.67. The smallest absolute Gasteiger partial charge is 0.293 e. The summed E-state index contributed by atoms with van der Waals surface area (Å²) >= 11 is 0. The lowest BCUT2D eigenvalue weighted by molar-refractivity contribution is -0.384. The van der Waals surface area contributed by atoms with E-state index in [0.717, 1.165) is 0 Å². The molecular formula is C13H13N3O4. The molecular weight excluding hydrogens is 262 g/mol. The van der Waals surface area contributed by atoms with Crippen LogP contribution in [0.2, 0.25) is 0 Å². The number of anilines is 1. The molecule has 104 valence electrons. The van der Waals surface area contributed by atoms with Crippen LogP contribution in [-0.4, -0.2) is 17.9 Å². The highest BCUT2D eigenvalue weighted by atomic mass is 16.6. The maximum Gasteiger partial charge on any atom is 0.293 e. The van der Waals surface area contributed by atoms with Crippen molar-refractivity contribution >= 4 is 17.3 Å². The summed E-state index contributed by atoms with van der Waals surface area (Å²) in [6, 6.07) is 8.87. The van der Waals surface area contributed by atoms with E-state index in [1.807, 2.05) is 0 Å². The lowest BCUT2D eigenvalue weighted by Crippen LogP contribution is -2.25. The van der Waals surface area contributed by atoms with Crippen molar-refractivity contribution in [3.63, 3.8) is 0 Å². The molecule has 0 fully saturated rings. The summed E-state index contributed by atoms with van der Waals surface area (Å²) in [5, 5.41) is 10.6. The first-order valence-electron chi connectivity index (χ1n) is 5.84. The number of rotatable bonds is 4. The van der Waals surface area contributed by atoms with Gasteiger partial charge in [0.15, 0.2) is 5.76 Å². The highest BCUT2D eigenvalue weighted by molar-refractivity contribution is 6.03.